The van der Waals surface area contributed by atoms with Gasteiger partial charge < -0.3 is 9.73 Å². The molecule has 0 bridgehead atoms. The minimum atomic E-state index is 0.584. The van der Waals surface area contributed by atoms with Gasteiger partial charge >= 0.3 is 0 Å². The smallest absolute Gasteiger partial charge is 0.156 e. The van der Waals surface area contributed by atoms with Gasteiger partial charge in [0, 0.05) is 27.5 Å². The second-order valence-electron chi connectivity index (χ2n) is 6.75. The van der Waals surface area contributed by atoms with Crippen molar-refractivity contribution >= 4 is 40.0 Å². The zero-order valence-electron chi connectivity index (χ0n) is 14.5. The number of benzene rings is 2. The van der Waals surface area contributed by atoms with Crippen LogP contribution in [0, 0.1) is 0 Å². The lowest BCUT2D eigenvalue weighted by atomic mass is 10.1. The van der Waals surface area contributed by atoms with Crippen molar-refractivity contribution in [3.8, 4) is 17.1 Å². The normalized spacial score (nSPS) is 14.0. The molecule has 4 nitrogen and oxygen atoms in total. The molecule has 27 heavy (non-hydrogen) atoms. The molecule has 1 aliphatic rings. The molecule has 0 radical (unpaired) electrons. The molecule has 4 aromatic rings. The summed E-state index contributed by atoms with van der Waals surface area (Å²) >= 11 is 12.5. The van der Waals surface area contributed by atoms with Crippen LogP contribution in [0.15, 0.2) is 52.9 Å². The maximum Gasteiger partial charge on any atom is 0.156 e. The van der Waals surface area contributed by atoms with Crippen LogP contribution in [0.25, 0.3) is 28.1 Å². The van der Waals surface area contributed by atoms with Gasteiger partial charge in [-0.2, -0.15) is 5.10 Å². The summed E-state index contributed by atoms with van der Waals surface area (Å²) in [5.74, 6) is 1.77. The molecule has 3 heterocycles. The molecule has 2 aromatic carbocycles. The molecule has 0 aliphatic carbocycles. The topological polar surface area (TPSA) is 43.0 Å². The summed E-state index contributed by atoms with van der Waals surface area (Å²) in [6, 6.07) is 15.5. The van der Waals surface area contributed by atoms with Crippen molar-refractivity contribution in [3.05, 3.63) is 64.1 Å². The molecule has 0 fully saturated rings. The number of nitrogens with one attached hydrogen (secondary N) is 1. The molecule has 0 spiro atoms. The van der Waals surface area contributed by atoms with Crippen molar-refractivity contribution in [1.29, 1.82) is 0 Å². The number of aromatic nitrogens is 2. The Morgan fingerprint density at radius 1 is 1.00 bits per heavy atom. The zero-order chi connectivity index (χ0) is 18.4. The van der Waals surface area contributed by atoms with Crippen molar-refractivity contribution < 1.29 is 4.42 Å². The quantitative estimate of drug-likeness (QED) is 0.428. The van der Waals surface area contributed by atoms with Gasteiger partial charge in [0.05, 0.1) is 5.69 Å². The van der Waals surface area contributed by atoms with Crippen LogP contribution in [0.5, 0.6) is 0 Å². The van der Waals surface area contributed by atoms with Crippen molar-refractivity contribution in [2.75, 3.05) is 11.9 Å². The molecule has 1 N–H and O–H groups in total. The maximum absolute atomic E-state index is 6.23. The van der Waals surface area contributed by atoms with Gasteiger partial charge in [-0.05, 0) is 49.6 Å². The number of furan rings is 1. The summed E-state index contributed by atoms with van der Waals surface area (Å²) in [6.45, 7) is 0.909. The molecule has 2 aromatic heterocycles. The Labute approximate surface area is 166 Å². The molecule has 6 heteroatoms. The SMILES string of the molecule is Clc1cc(Cl)cc(-n2nc(-c3cc4ccccc4o3)c3c2NCCCC3)c1. The van der Waals surface area contributed by atoms with E-state index in [1.807, 2.05) is 41.1 Å². The number of hydrogen-bond donors (Lipinski definition) is 1. The van der Waals surface area contributed by atoms with Gasteiger partial charge in [0.2, 0.25) is 0 Å². The molecular weight excluding hydrogens is 381 g/mol. The molecule has 0 saturated carbocycles. The predicted octanol–water partition coefficient (Wildman–Crippen LogP) is 6.34. The van der Waals surface area contributed by atoms with Crippen LogP contribution in [0.4, 0.5) is 5.82 Å². The van der Waals surface area contributed by atoms with Gasteiger partial charge in [-0.3, -0.25) is 0 Å². The highest BCUT2D eigenvalue weighted by Gasteiger charge is 2.24. The van der Waals surface area contributed by atoms with E-state index in [1.165, 1.54) is 5.56 Å². The van der Waals surface area contributed by atoms with Crippen LogP contribution in [0.3, 0.4) is 0 Å². The van der Waals surface area contributed by atoms with E-state index in [1.54, 1.807) is 6.07 Å². The Morgan fingerprint density at radius 3 is 2.63 bits per heavy atom. The minimum Gasteiger partial charge on any atom is -0.454 e. The third-order valence-corrected chi connectivity index (χ3v) is 5.32. The monoisotopic (exact) mass is 397 g/mol. The van der Waals surface area contributed by atoms with E-state index in [4.69, 9.17) is 32.7 Å². The number of fused-ring (bicyclic) bond motifs is 2. The Balaban J connectivity index is 1.73. The van der Waals surface area contributed by atoms with E-state index in [0.717, 1.165) is 59.7 Å². The van der Waals surface area contributed by atoms with Gasteiger partial charge in [-0.1, -0.05) is 41.4 Å². The number of para-hydroxylation sites is 1. The first-order valence-corrected chi connectivity index (χ1v) is 9.76. The lowest BCUT2D eigenvalue weighted by Crippen LogP contribution is -2.07. The highest BCUT2D eigenvalue weighted by molar-refractivity contribution is 6.34. The van der Waals surface area contributed by atoms with Crippen molar-refractivity contribution in [2.24, 2.45) is 0 Å². The fourth-order valence-corrected chi connectivity index (χ4v) is 4.16. The van der Waals surface area contributed by atoms with Crippen LogP contribution in [-0.4, -0.2) is 16.3 Å². The second kappa shape index (κ2) is 6.63. The van der Waals surface area contributed by atoms with Crippen LogP contribution >= 0.6 is 23.2 Å². The van der Waals surface area contributed by atoms with E-state index in [-0.39, 0.29) is 0 Å². The van der Waals surface area contributed by atoms with Gasteiger partial charge in [0.15, 0.2) is 5.76 Å². The number of halogens is 2. The number of hydrogen-bond acceptors (Lipinski definition) is 3. The Bertz CT molecular complexity index is 1090. The second-order valence-corrected chi connectivity index (χ2v) is 7.62. The summed E-state index contributed by atoms with van der Waals surface area (Å²) in [5.41, 5.74) is 3.73. The Kier molecular flexibility index (Phi) is 4.10. The van der Waals surface area contributed by atoms with Crippen LogP contribution in [0.2, 0.25) is 10.0 Å². The first-order valence-electron chi connectivity index (χ1n) is 9.00. The fourth-order valence-electron chi connectivity index (χ4n) is 3.65. The van der Waals surface area contributed by atoms with Crippen molar-refractivity contribution in [1.82, 2.24) is 9.78 Å². The Morgan fingerprint density at radius 2 is 1.81 bits per heavy atom. The first-order chi connectivity index (χ1) is 13.2. The molecular formula is C21H17Cl2N3O. The predicted molar refractivity (Wildman–Crippen MR) is 110 cm³/mol. The lowest BCUT2D eigenvalue weighted by molar-refractivity contribution is 0.625. The average molecular weight is 398 g/mol. The lowest BCUT2D eigenvalue weighted by Gasteiger charge is -2.10. The molecule has 0 saturated heterocycles. The summed E-state index contributed by atoms with van der Waals surface area (Å²) in [6.07, 6.45) is 3.17. The summed E-state index contributed by atoms with van der Waals surface area (Å²) < 4.78 is 7.99. The first kappa shape index (κ1) is 16.7. The molecule has 1 aliphatic heterocycles. The van der Waals surface area contributed by atoms with Crippen molar-refractivity contribution in [3.63, 3.8) is 0 Å². The van der Waals surface area contributed by atoms with Crippen LogP contribution < -0.4 is 5.32 Å². The van der Waals surface area contributed by atoms with E-state index >= 15 is 0 Å². The maximum atomic E-state index is 6.23. The van der Waals surface area contributed by atoms with E-state index in [0.29, 0.717) is 10.0 Å². The fraction of sp³-hybridized carbons (Fsp3) is 0.190. The molecule has 5 rings (SSSR count). The average Bonchev–Trinajstić information content (AvgIpc) is 3.14. The van der Waals surface area contributed by atoms with Crippen molar-refractivity contribution in [2.45, 2.75) is 19.3 Å². The largest absolute Gasteiger partial charge is 0.454 e. The third-order valence-electron chi connectivity index (χ3n) is 4.88. The highest BCUT2D eigenvalue weighted by Crippen LogP contribution is 2.37. The summed E-state index contributed by atoms with van der Waals surface area (Å²) in [7, 11) is 0. The van der Waals surface area contributed by atoms with Gasteiger partial charge in [-0.15, -0.1) is 0 Å². The van der Waals surface area contributed by atoms with E-state index < -0.39 is 0 Å². The zero-order valence-corrected chi connectivity index (χ0v) is 16.0. The Hall–Kier alpha value is -2.43. The summed E-state index contributed by atoms with van der Waals surface area (Å²) in [4.78, 5) is 0. The van der Waals surface area contributed by atoms with Gasteiger partial charge in [-0.25, -0.2) is 4.68 Å². The molecule has 0 amide bonds. The number of rotatable bonds is 2. The summed E-state index contributed by atoms with van der Waals surface area (Å²) in [5, 5.41) is 10.7. The van der Waals surface area contributed by atoms with E-state index in [9.17, 15) is 0 Å². The molecule has 136 valence electrons. The van der Waals surface area contributed by atoms with E-state index in [2.05, 4.69) is 11.4 Å². The van der Waals surface area contributed by atoms with Crippen LogP contribution in [-0.2, 0) is 6.42 Å². The van der Waals surface area contributed by atoms with Crippen LogP contribution in [0.1, 0.15) is 18.4 Å². The number of nitrogens with zero attached hydrogens (tertiary/aromatic N) is 2. The number of anilines is 1. The minimum absolute atomic E-state index is 0.584. The van der Waals surface area contributed by atoms with Gasteiger partial charge in [0.1, 0.15) is 17.1 Å². The standard InChI is InChI=1S/C21H17Cl2N3O/c22-14-10-15(23)12-16(11-14)26-21-17(6-3-4-8-24-21)20(25-26)19-9-13-5-1-2-7-18(13)27-19/h1-2,5,7,9-12,24H,3-4,6,8H2. The van der Waals surface area contributed by atoms with Gasteiger partial charge in [0.25, 0.3) is 0 Å². The highest BCUT2D eigenvalue weighted by atomic mass is 35.5. The third kappa shape index (κ3) is 2.99. The molecule has 0 unspecified atom stereocenters. The molecule has 0 atom stereocenters.